The molecule has 6 rings (SSSR count). The van der Waals surface area contributed by atoms with Gasteiger partial charge in [-0.1, -0.05) is 116 Å². The number of hydrogen-bond acceptors (Lipinski definition) is 0. The molecule has 32 heavy (non-hydrogen) atoms. The van der Waals surface area contributed by atoms with Gasteiger partial charge in [0.25, 0.3) is 0 Å². The Morgan fingerprint density at radius 2 is 1.00 bits per heavy atom. The monoisotopic (exact) mass is 408 g/mol. The summed E-state index contributed by atoms with van der Waals surface area (Å²) in [5.41, 5.74) is 2.16. The zero-order valence-corrected chi connectivity index (χ0v) is 18.1. The third-order valence-corrected chi connectivity index (χ3v) is 6.81. The second-order valence-corrected chi connectivity index (χ2v) is 8.63. The van der Waals surface area contributed by atoms with E-state index >= 15 is 0 Å². The van der Waals surface area contributed by atoms with Crippen LogP contribution in [0.25, 0.3) is 0 Å². The average molecular weight is 409 g/mol. The third-order valence-electron chi connectivity index (χ3n) is 6.81. The molecular formula is C32H24. The van der Waals surface area contributed by atoms with Gasteiger partial charge in [0.1, 0.15) is 0 Å². The molecule has 0 aliphatic heterocycles. The molecule has 0 nitrogen and oxygen atoms in total. The van der Waals surface area contributed by atoms with E-state index in [1.807, 2.05) is 0 Å². The first-order valence-corrected chi connectivity index (χ1v) is 11.2. The highest BCUT2D eigenvalue weighted by Crippen LogP contribution is 2.68. The van der Waals surface area contributed by atoms with Gasteiger partial charge in [-0.2, -0.15) is 0 Å². The van der Waals surface area contributed by atoms with Crippen LogP contribution in [0.1, 0.15) is 18.1 Å². The lowest BCUT2D eigenvalue weighted by Crippen LogP contribution is -2.44. The molecule has 0 unspecified atom stereocenters. The van der Waals surface area contributed by atoms with Gasteiger partial charge in [-0.25, -0.2) is 0 Å². The van der Waals surface area contributed by atoms with E-state index in [-0.39, 0.29) is 0 Å². The summed E-state index contributed by atoms with van der Waals surface area (Å²) in [6.07, 6.45) is 24.7. The maximum Gasteiger partial charge on any atom is 0.0351 e. The van der Waals surface area contributed by atoms with Crippen LogP contribution in [0.15, 0.2) is 109 Å². The normalized spacial score (nSPS) is 23.3. The van der Waals surface area contributed by atoms with Crippen molar-refractivity contribution in [3.8, 4) is 0 Å². The van der Waals surface area contributed by atoms with Crippen molar-refractivity contribution in [2.24, 2.45) is 0 Å². The Balaban J connectivity index is 1.63. The Bertz CT molecular complexity index is 980. The second-order valence-electron chi connectivity index (χ2n) is 8.63. The van der Waals surface area contributed by atoms with E-state index in [2.05, 4.69) is 135 Å². The van der Waals surface area contributed by atoms with Crippen LogP contribution in [0.4, 0.5) is 0 Å². The molecule has 0 atom stereocenters. The zero-order chi connectivity index (χ0) is 21.5. The lowest BCUT2D eigenvalue weighted by atomic mass is 9.53. The summed E-state index contributed by atoms with van der Waals surface area (Å²) in [7, 11) is 0. The molecule has 4 aliphatic carbocycles. The van der Waals surface area contributed by atoms with Gasteiger partial charge in [-0.15, -0.1) is 0 Å². The van der Waals surface area contributed by atoms with Crippen molar-refractivity contribution in [1.29, 1.82) is 0 Å². The van der Waals surface area contributed by atoms with Crippen molar-refractivity contribution in [3.63, 3.8) is 0 Å². The highest BCUT2D eigenvalue weighted by Gasteiger charge is 2.62. The molecule has 10 radical (unpaired) electrons. The molecule has 2 aromatic carbocycles. The van der Waals surface area contributed by atoms with Gasteiger partial charge in [0.15, 0.2) is 0 Å². The third kappa shape index (κ3) is 2.95. The molecule has 0 spiro atoms. The molecule has 2 saturated carbocycles. The highest BCUT2D eigenvalue weighted by molar-refractivity contribution is 5.83. The first-order chi connectivity index (χ1) is 15.8. The van der Waals surface area contributed by atoms with Crippen LogP contribution in [0.2, 0.25) is 0 Å². The summed E-state index contributed by atoms with van der Waals surface area (Å²) in [5.74, 6) is 9.24. The first-order valence-electron chi connectivity index (χ1n) is 11.2. The Morgan fingerprint density at radius 3 is 1.44 bits per heavy atom. The molecular weight excluding hydrogens is 384 g/mol. The smallest absolute Gasteiger partial charge is 0.0351 e. The van der Waals surface area contributed by atoms with Crippen LogP contribution in [0, 0.1) is 60.7 Å². The molecule has 0 aromatic heterocycles. The molecule has 2 aromatic rings. The molecule has 0 heteroatoms. The summed E-state index contributed by atoms with van der Waals surface area (Å²) >= 11 is 0. The van der Waals surface area contributed by atoms with E-state index in [1.165, 1.54) is 52.6 Å². The Hall–Kier alpha value is -2.60. The van der Waals surface area contributed by atoms with Crippen LogP contribution in [0.5, 0.6) is 0 Å². The van der Waals surface area contributed by atoms with Crippen molar-refractivity contribution < 1.29 is 0 Å². The summed E-state index contributed by atoms with van der Waals surface area (Å²) in [6.45, 7) is 2.19. The Kier molecular flexibility index (Phi) is 5.05. The number of rotatable bonds is 4. The van der Waals surface area contributed by atoms with E-state index in [4.69, 9.17) is 0 Å². The van der Waals surface area contributed by atoms with Crippen LogP contribution in [0.3, 0.4) is 0 Å². The second kappa shape index (κ2) is 8.07. The van der Waals surface area contributed by atoms with Gasteiger partial charge in [-0.05, 0) is 42.2 Å². The maximum absolute atomic E-state index is 2.36. The molecule has 0 bridgehead atoms. The van der Waals surface area contributed by atoms with Crippen LogP contribution in [-0.2, 0) is 5.41 Å². The number of benzene rings is 2. The summed E-state index contributed by atoms with van der Waals surface area (Å²) in [4.78, 5) is 0. The molecule has 0 N–H and O–H groups in total. The van der Waals surface area contributed by atoms with Gasteiger partial charge >= 0.3 is 0 Å². The minimum Gasteiger partial charge on any atom is -0.0758 e. The van der Waals surface area contributed by atoms with Crippen molar-refractivity contribution in [2.45, 2.75) is 12.3 Å². The highest BCUT2D eigenvalue weighted by atomic mass is 14.6. The molecule has 152 valence electrons. The van der Waals surface area contributed by atoms with Gasteiger partial charge in [0, 0.05) is 35.0 Å². The molecule has 0 heterocycles. The van der Waals surface area contributed by atoms with Crippen molar-refractivity contribution in [3.05, 3.63) is 181 Å². The van der Waals surface area contributed by atoms with Gasteiger partial charge in [0.2, 0.25) is 0 Å². The Morgan fingerprint density at radius 1 is 0.531 bits per heavy atom. The maximum atomic E-state index is 2.36. The SMILES string of the molecule is C[C]1[CH][CH][C](C([C]2[C]3C=CC=C[C]3[C]3C=CC=C[C]32)(c2ccccc2)c2ccccc2)[CH]1. The lowest BCUT2D eigenvalue weighted by Gasteiger charge is -2.48. The summed E-state index contributed by atoms with van der Waals surface area (Å²) in [5, 5.41) is 0. The number of fused-ring (bicyclic) bond motifs is 3. The summed E-state index contributed by atoms with van der Waals surface area (Å²) < 4.78 is 0. The number of allylic oxidation sites excluding steroid dienone is 8. The zero-order valence-electron chi connectivity index (χ0n) is 18.1. The largest absolute Gasteiger partial charge is 0.0758 e. The van der Waals surface area contributed by atoms with E-state index in [0.29, 0.717) is 0 Å². The fourth-order valence-electron chi connectivity index (χ4n) is 5.53. The average Bonchev–Trinajstić information content (AvgIpc) is 3.44. The van der Waals surface area contributed by atoms with Gasteiger partial charge in [0.05, 0.1) is 0 Å². The van der Waals surface area contributed by atoms with Gasteiger partial charge in [-0.3, -0.25) is 0 Å². The molecule has 4 aliphatic rings. The standard InChI is InChI=1S/C32H24/c1-23-20-21-26(22-23)32(24-12-4-2-5-13-24,25-14-6-3-7-15-25)31-29-18-10-8-16-27(29)28-17-9-11-19-30(28)31/h2-22H,1H3. The minimum atomic E-state index is -0.417. The molecule has 0 amide bonds. The van der Waals surface area contributed by atoms with Crippen LogP contribution < -0.4 is 0 Å². The fourth-order valence-corrected chi connectivity index (χ4v) is 5.53. The van der Waals surface area contributed by atoms with Crippen molar-refractivity contribution in [2.75, 3.05) is 0 Å². The van der Waals surface area contributed by atoms with Crippen molar-refractivity contribution >= 4 is 0 Å². The van der Waals surface area contributed by atoms with Crippen molar-refractivity contribution in [1.82, 2.24) is 0 Å². The summed E-state index contributed by atoms with van der Waals surface area (Å²) in [6, 6.07) is 22.0. The van der Waals surface area contributed by atoms with Gasteiger partial charge < -0.3 is 0 Å². The fraction of sp³-hybridized carbons (Fsp3) is 0.0625. The van der Waals surface area contributed by atoms with E-state index in [1.54, 1.807) is 0 Å². The first kappa shape index (κ1) is 20.0. The predicted molar refractivity (Wildman–Crippen MR) is 131 cm³/mol. The van der Waals surface area contributed by atoms with E-state index < -0.39 is 5.41 Å². The minimum absolute atomic E-state index is 0.417. The predicted octanol–water partition coefficient (Wildman–Crippen LogP) is 6.91. The topological polar surface area (TPSA) is 0 Å². The Labute approximate surface area is 193 Å². The number of hydrogen-bond donors (Lipinski definition) is 0. The van der Waals surface area contributed by atoms with E-state index in [0.717, 1.165) is 0 Å². The lowest BCUT2D eigenvalue weighted by molar-refractivity contribution is 0.584. The molecule has 0 saturated heterocycles. The quantitative estimate of drug-likeness (QED) is 0.516. The van der Waals surface area contributed by atoms with Crippen LogP contribution in [-0.4, -0.2) is 0 Å². The van der Waals surface area contributed by atoms with E-state index in [9.17, 15) is 0 Å². The molecule has 2 fully saturated rings. The van der Waals surface area contributed by atoms with Crippen LogP contribution >= 0.6 is 0 Å².